The minimum atomic E-state index is -1.14. The molecular weight excluding hydrogens is 287 g/mol. The Morgan fingerprint density at radius 1 is 1.30 bits per heavy atom. The SMILES string of the molecule is Cl.NC(C(=O)N1CCOCC1)C(O)c1ccc(F)cc1. The summed E-state index contributed by atoms with van der Waals surface area (Å²) < 4.78 is 17.9. The number of aliphatic hydroxyl groups is 1. The average molecular weight is 305 g/mol. The lowest BCUT2D eigenvalue weighted by Crippen LogP contribution is -2.50. The highest BCUT2D eigenvalue weighted by Crippen LogP contribution is 2.18. The monoisotopic (exact) mass is 304 g/mol. The number of ether oxygens (including phenoxy) is 1. The minimum absolute atomic E-state index is 0. The van der Waals surface area contributed by atoms with Gasteiger partial charge in [0.25, 0.3) is 0 Å². The van der Waals surface area contributed by atoms with Gasteiger partial charge in [-0.2, -0.15) is 0 Å². The number of carbonyl (C=O) groups is 1. The van der Waals surface area contributed by atoms with E-state index in [0.29, 0.717) is 31.9 Å². The van der Waals surface area contributed by atoms with Gasteiger partial charge in [0.15, 0.2) is 0 Å². The smallest absolute Gasteiger partial charge is 0.242 e. The molecule has 1 saturated heterocycles. The summed E-state index contributed by atoms with van der Waals surface area (Å²) >= 11 is 0. The van der Waals surface area contributed by atoms with Crippen molar-refractivity contribution >= 4 is 18.3 Å². The Morgan fingerprint density at radius 3 is 2.40 bits per heavy atom. The largest absolute Gasteiger partial charge is 0.386 e. The second-order valence-electron chi connectivity index (χ2n) is 4.46. The van der Waals surface area contributed by atoms with Crippen LogP contribution in [-0.2, 0) is 9.53 Å². The third-order valence-corrected chi connectivity index (χ3v) is 3.16. The van der Waals surface area contributed by atoms with Crippen LogP contribution in [0.4, 0.5) is 4.39 Å². The Hall–Kier alpha value is -1.21. The Morgan fingerprint density at radius 2 is 1.85 bits per heavy atom. The standard InChI is InChI=1S/C13H17FN2O3.ClH/c14-10-3-1-9(2-4-10)12(17)11(15)13(18)16-5-7-19-8-6-16;/h1-4,11-12,17H,5-8,15H2;1H. The summed E-state index contributed by atoms with van der Waals surface area (Å²) in [6.45, 7) is 1.90. The molecule has 3 N–H and O–H groups in total. The number of hydrogen-bond donors (Lipinski definition) is 2. The van der Waals surface area contributed by atoms with Crippen molar-refractivity contribution in [2.24, 2.45) is 5.73 Å². The molecule has 0 spiro atoms. The third-order valence-electron chi connectivity index (χ3n) is 3.16. The first-order valence-electron chi connectivity index (χ1n) is 6.15. The number of aliphatic hydroxyl groups excluding tert-OH is 1. The lowest BCUT2D eigenvalue weighted by molar-refractivity contribution is -0.139. The van der Waals surface area contributed by atoms with Crippen LogP contribution in [0.1, 0.15) is 11.7 Å². The fraction of sp³-hybridized carbons (Fsp3) is 0.462. The van der Waals surface area contributed by atoms with Gasteiger partial charge in [-0.25, -0.2) is 4.39 Å². The van der Waals surface area contributed by atoms with Gasteiger partial charge in [-0.1, -0.05) is 12.1 Å². The first-order chi connectivity index (χ1) is 9.09. The van der Waals surface area contributed by atoms with Crippen molar-refractivity contribution in [3.05, 3.63) is 35.6 Å². The number of carbonyl (C=O) groups excluding carboxylic acids is 1. The van der Waals surface area contributed by atoms with Crippen LogP contribution in [0.5, 0.6) is 0 Å². The van der Waals surface area contributed by atoms with Crippen molar-refractivity contribution in [1.29, 1.82) is 0 Å². The zero-order valence-electron chi connectivity index (χ0n) is 10.9. The molecule has 1 aromatic carbocycles. The molecule has 0 saturated carbocycles. The predicted molar refractivity (Wildman–Crippen MR) is 74.0 cm³/mol. The fourth-order valence-corrected chi connectivity index (χ4v) is 2.00. The van der Waals surface area contributed by atoms with Crippen LogP contribution in [0.25, 0.3) is 0 Å². The Bertz CT molecular complexity index is 438. The van der Waals surface area contributed by atoms with E-state index >= 15 is 0 Å². The normalized spacial score (nSPS) is 18.1. The third kappa shape index (κ3) is 3.89. The number of nitrogens with zero attached hydrogens (tertiary/aromatic N) is 1. The highest BCUT2D eigenvalue weighted by Gasteiger charge is 2.29. The Balaban J connectivity index is 0.00000200. The van der Waals surface area contributed by atoms with Crippen LogP contribution in [0.2, 0.25) is 0 Å². The fourth-order valence-electron chi connectivity index (χ4n) is 2.00. The molecule has 2 rings (SSSR count). The number of nitrogens with two attached hydrogens (primary N) is 1. The molecule has 0 bridgehead atoms. The maximum absolute atomic E-state index is 12.8. The summed E-state index contributed by atoms with van der Waals surface area (Å²) in [5, 5.41) is 10.1. The van der Waals surface area contributed by atoms with E-state index in [1.807, 2.05) is 0 Å². The quantitative estimate of drug-likeness (QED) is 0.851. The molecular formula is C13H18ClFN2O3. The second-order valence-corrected chi connectivity index (χ2v) is 4.46. The topological polar surface area (TPSA) is 75.8 Å². The predicted octanol–water partition coefficient (Wildman–Crippen LogP) is 0.467. The number of hydrogen-bond acceptors (Lipinski definition) is 4. The summed E-state index contributed by atoms with van der Waals surface area (Å²) in [7, 11) is 0. The van der Waals surface area contributed by atoms with Gasteiger partial charge >= 0.3 is 0 Å². The molecule has 0 aliphatic carbocycles. The van der Waals surface area contributed by atoms with Crippen LogP contribution in [0, 0.1) is 5.82 Å². The van der Waals surface area contributed by atoms with Crippen molar-refractivity contribution in [1.82, 2.24) is 4.90 Å². The molecule has 0 aromatic heterocycles. The van der Waals surface area contributed by atoms with Crippen molar-refractivity contribution in [2.75, 3.05) is 26.3 Å². The summed E-state index contributed by atoms with van der Waals surface area (Å²) in [4.78, 5) is 13.7. The Kier molecular flexibility index (Phi) is 6.35. The summed E-state index contributed by atoms with van der Waals surface area (Å²) in [6, 6.07) is 4.25. The van der Waals surface area contributed by atoms with Gasteiger partial charge < -0.3 is 20.5 Å². The molecule has 0 radical (unpaired) electrons. The van der Waals surface area contributed by atoms with E-state index in [0.717, 1.165) is 0 Å². The van der Waals surface area contributed by atoms with Crippen LogP contribution in [0.3, 0.4) is 0 Å². The maximum Gasteiger partial charge on any atom is 0.242 e. The van der Waals surface area contributed by atoms with E-state index in [1.165, 1.54) is 24.3 Å². The Labute approximate surface area is 122 Å². The van der Waals surface area contributed by atoms with Gasteiger partial charge in [-0.05, 0) is 17.7 Å². The van der Waals surface area contributed by atoms with E-state index in [9.17, 15) is 14.3 Å². The van der Waals surface area contributed by atoms with Crippen LogP contribution in [0.15, 0.2) is 24.3 Å². The van der Waals surface area contributed by atoms with Crippen molar-refractivity contribution in [2.45, 2.75) is 12.1 Å². The zero-order valence-corrected chi connectivity index (χ0v) is 11.7. The zero-order chi connectivity index (χ0) is 13.8. The van der Waals surface area contributed by atoms with E-state index in [4.69, 9.17) is 10.5 Å². The molecule has 1 fully saturated rings. The first kappa shape index (κ1) is 16.8. The number of amides is 1. The second kappa shape index (κ2) is 7.54. The van der Waals surface area contributed by atoms with Gasteiger partial charge in [0.05, 0.1) is 13.2 Å². The molecule has 1 aliphatic rings. The van der Waals surface area contributed by atoms with Crippen LogP contribution >= 0.6 is 12.4 Å². The van der Waals surface area contributed by atoms with Crippen LogP contribution < -0.4 is 5.73 Å². The number of morpholine rings is 1. The molecule has 1 aliphatic heterocycles. The molecule has 1 heterocycles. The molecule has 1 aromatic rings. The van der Waals surface area contributed by atoms with Gasteiger partial charge in [0, 0.05) is 13.1 Å². The van der Waals surface area contributed by atoms with Gasteiger partial charge in [0.1, 0.15) is 18.0 Å². The van der Waals surface area contributed by atoms with E-state index in [1.54, 1.807) is 4.90 Å². The molecule has 1 amide bonds. The number of rotatable bonds is 3. The first-order valence-corrected chi connectivity index (χ1v) is 6.15. The summed E-state index contributed by atoms with van der Waals surface area (Å²) in [5.41, 5.74) is 6.21. The highest BCUT2D eigenvalue weighted by molar-refractivity contribution is 5.85. The van der Waals surface area contributed by atoms with Crippen molar-refractivity contribution < 1.29 is 19.0 Å². The van der Waals surface area contributed by atoms with Gasteiger partial charge in [-0.3, -0.25) is 4.79 Å². The van der Waals surface area contributed by atoms with E-state index in [2.05, 4.69) is 0 Å². The summed E-state index contributed by atoms with van der Waals surface area (Å²) in [6.07, 6.45) is -1.14. The highest BCUT2D eigenvalue weighted by atomic mass is 35.5. The van der Waals surface area contributed by atoms with Crippen molar-refractivity contribution in [3.8, 4) is 0 Å². The molecule has 7 heteroatoms. The van der Waals surface area contributed by atoms with Gasteiger partial charge in [-0.15, -0.1) is 12.4 Å². The van der Waals surface area contributed by atoms with Gasteiger partial charge in [0.2, 0.25) is 5.91 Å². The average Bonchev–Trinajstić information content (AvgIpc) is 2.46. The number of halogens is 2. The molecule has 112 valence electrons. The maximum atomic E-state index is 12.8. The lowest BCUT2D eigenvalue weighted by atomic mass is 10.0. The summed E-state index contributed by atoms with van der Waals surface area (Å²) in [5.74, 6) is -0.718. The van der Waals surface area contributed by atoms with Crippen LogP contribution in [-0.4, -0.2) is 48.3 Å². The number of benzene rings is 1. The molecule has 2 atom stereocenters. The van der Waals surface area contributed by atoms with E-state index < -0.39 is 18.0 Å². The molecule has 5 nitrogen and oxygen atoms in total. The lowest BCUT2D eigenvalue weighted by Gasteiger charge is -2.30. The minimum Gasteiger partial charge on any atom is -0.386 e. The molecule has 20 heavy (non-hydrogen) atoms. The van der Waals surface area contributed by atoms with Crippen molar-refractivity contribution in [3.63, 3.8) is 0 Å². The van der Waals surface area contributed by atoms with E-state index in [-0.39, 0.29) is 18.3 Å². The molecule has 2 unspecified atom stereocenters.